The summed E-state index contributed by atoms with van der Waals surface area (Å²) in [5.74, 6) is 1.04. The minimum absolute atomic E-state index is 0.171. The summed E-state index contributed by atoms with van der Waals surface area (Å²) in [5.41, 5.74) is 2.48. The summed E-state index contributed by atoms with van der Waals surface area (Å²) in [5, 5.41) is 4.41. The summed E-state index contributed by atoms with van der Waals surface area (Å²) in [6, 6.07) is 18.7. The van der Waals surface area contributed by atoms with Gasteiger partial charge in [0.15, 0.2) is 0 Å². The van der Waals surface area contributed by atoms with Gasteiger partial charge in [-0.15, -0.1) is 0 Å². The highest BCUT2D eigenvalue weighted by atomic mass is 35.5. The highest BCUT2D eigenvalue weighted by Crippen LogP contribution is 2.23. The average molecular weight is 326 g/mol. The Morgan fingerprint density at radius 2 is 1.74 bits per heavy atom. The number of hydrogen-bond acceptors (Lipinski definition) is 2. The third-order valence-corrected chi connectivity index (χ3v) is 4.08. The van der Waals surface area contributed by atoms with Crippen LogP contribution < -0.4 is 5.32 Å². The van der Waals surface area contributed by atoms with E-state index < -0.39 is 0 Å². The van der Waals surface area contributed by atoms with Crippen molar-refractivity contribution >= 4 is 11.6 Å². The van der Waals surface area contributed by atoms with Gasteiger partial charge >= 0.3 is 0 Å². The lowest BCUT2D eigenvalue weighted by molar-refractivity contribution is 0.579. The van der Waals surface area contributed by atoms with E-state index in [9.17, 15) is 0 Å². The fourth-order valence-electron chi connectivity index (χ4n) is 2.67. The van der Waals surface area contributed by atoms with Crippen molar-refractivity contribution in [2.75, 3.05) is 6.54 Å². The Kier molecular flexibility index (Phi) is 5.46. The third-order valence-electron chi connectivity index (χ3n) is 3.83. The molecule has 2 N–H and O–H groups in total. The van der Waals surface area contributed by atoms with Crippen LogP contribution in [0.3, 0.4) is 0 Å². The summed E-state index contributed by atoms with van der Waals surface area (Å²) in [6.07, 6.45) is 5.64. The molecule has 0 saturated carbocycles. The molecule has 0 aliphatic rings. The number of aromatic nitrogens is 2. The van der Waals surface area contributed by atoms with E-state index in [1.54, 1.807) is 6.20 Å². The van der Waals surface area contributed by atoms with E-state index >= 15 is 0 Å². The van der Waals surface area contributed by atoms with Crippen molar-refractivity contribution in [3.05, 3.63) is 89.0 Å². The van der Waals surface area contributed by atoms with Crippen LogP contribution in [0.4, 0.5) is 0 Å². The van der Waals surface area contributed by atoms with Crippen molar-refractivity contribution in [3.63, 3.8) is 0 Å². The van der Waals surface area contributed by atoms with Crippen molar-refractivity contribution in [3.8, 4) is 0 Å². The average Bonchev–Trinajstić information content (AvgIpc) is 3.10. The lowest BCUT2D eigenvalue weighted by atomic mass is 9.98. The monoisotopic (exact) mass is 325 g/mol. The second-order valence-electron chi connectivity index (χ2n) is 5.49. The van der Waals surface area contributed by atoms with Crippen LogP contribution in [0.2, 0.25) is 5.02 Å². The topological polar surface area (TPSA) is 40.7 Å². The van der Waals surface area contributed by atoms with Gasteiger partial charge in [0, 0.05) is 23.8 Å². The first-order chi connectivity index (χ1) is 11.3. The highest BCUT2D eigenvalue weighted by molar-refractivity contribution is 6.30. The molecule has 1 heterocycles. The highest BCUT2D eigenvalue weighted by Gasteiger charge is 2.13. The minimum atomic E-state index is 0.171. The lowest BCUT2D eigenvalue weighted by Crippen LogP contribution is -2.24. The number of rotatable bonds is 7. The summed E-state index contributed by atoms with van der Waals surface area (Å²) < 4.78 is 0. The molecule has 3 aromatic rings. The maximum Gasteiger partial charge on any atom is 0.106 e. The summed E-state index contributed by atoms with van der Waals surface area (Å²) >= 11 is 6.02. The smallest absolute Gasteiger partial charge is 0.106 e. The Hall–Kier alpha value is -2.10. The molecule has 0 bridgehead atoms. The second-order valence-corrected chi connectivity index (χ2v) is 5.93. The van der Waals surface area contributed by atoms with Crippen molar-refractivity contribution in [2.45, 2.75) is 18.9 Å². The molecule has 0 saturated heterocycles. The summed E-state index contributed by atoms with van der Waals surface area (Å²) in [7, 11) is 0. The predicted octanol–water partition coefficient (Wildman–Crippen LogP) is 4.37. The summed E-state index contributed by atoms with van der Waals surface area (Å²) in [4.78, 5) is 7.40. The first-order valence-electron chi connectivity index (χ1n) is 7.85. The number of imidazole rings is 1. The number of H-pyrrole nitrogens is 1. The molecule has 2 aromatic carbocycles. The maximum atomic E-state index is 6.02. The standard InChI is InChI=1S/C19H20ClN3/c20-17-10-8-16(9-11-17)19(15-5-2-1-3-6-15)23-12-4-7-18-21-13-14-22-18/h1-3,5-6,8-11,13-14,19,23H,4,7,12H2,(H,21,22). The van der Waals surface area contributed by atoms with Gasteiger partial charge in [-0.05, 0) is 36.2 Å². The molecule has 118 valence electrons. The predicted molar refractivity (Wildman–Crippen MR) is 94.6 cm³/mol. The van der Waals surface area contributed by atoms with Crippen LogP contribution in [-0.4, -0.2) is 16.5 Å². The van der Waals surface area contributed by atoms with E-state index in [2.05, 4.69) is 51.7 Å². The molecule has 1 atom stereocenters. The second kappa shape index (κ2) is 7.95. The quantitative estimate of drug-likeness (QED) is 0.633. The molecule has 0 spiro atoms. The molecule has 0 aliphatic carbocycles. The molecule has 0 aliphatic heterocycles. The zero-order valence-corrected chi connectivity index (χ0v) is 13.6. The maximum absolute atomic E-state index is 6.02. The first kappa shape index (κ1) is 15.8. The van der Waals surface area contributed by atoms with Gasteiger partial charge in [-0.3, -0.25) is 0 Å². The molecule has 0 fully saturated rings. The molecule has 3 rings (SSSR count). The lowest BCUT2D eigenvalue weighted by Gasteiger charge is -2.20. The Labute approximate surface area is 141 Å². The van der Waals surface area contributed by atoms with Crippen LogP contribution in [0.15, 0.2) is 67.0 Å². The number of nitrogens with one attached hydrogen (secondary N) is 2. The number of hydrogen-bond donors (Lipinski definition) is 2. The van der Waals surface area contributed by atoms with Crippen LogP contribution in [0.1, 0.15) is 29.4 Å². The fourth-order valence-corrected chi connectivity index (χ4v) is 2.79. The van der Waals surface area contributed by atoms with Crippen molar-refractivity contribution in [2.24, 2.45) is 0 Å². The van der Waals surface area contributed by atoms with Crippen LogP contribution in [0.25, 0.3) is 0 Å². The van der Waals surface area contributed by atoms with Crippen molar-refractivity contribution in [1.29, 1.82) is 0 Å². The van der Waals surface area contributed by atoms with E-state index in [4.69, 9.17) is 11.6 Å². The van der Waals surface area contributed by atoms with Gasteiger partial charge in [0.25, 0.3) is 0 Å². The number of halogens is 1. The molecule has 1 unspecified atom stereocenters. The van der Waals surface area contributed by atoms with Crippen LogP contribution >= 0.6 is 11.6 Å². The van der Waals surface area contributed by atoms with E-state index in [0.717, 1.165) is 30.2 Å². The van der Waals surface area contributed by atoms with Gasteiger partial charge in [-0.1, -0.05) is 54.1 Å². The molecule has 1 aromatic heterocycles. The normalized spacial score (nSPS) is 12.2. The zero-order valence-electron chi connectivity index (χ0n) is 12.9. The van der Waals surface area contributed by atoms with Gasteiger partial charge in [0.05, 0.1) is 6.04 Å². The Morgan fingerprint density at radius 1 is 1.00 bits per heavy atom. The van der Waals surface area contributed by atoms with Crippen LogP contribution in [0, 0.1) is 0 Å². The van der Waals surface area contributed by atoms with E-state index in [0.29, 0.717) is 0 Å². The van der Waals surface area contributed by atoms with Crippen LogP contribution in [-0.2, 0) is 6.42 Å². The Balaban J connectivity index is 1.67. The zero-order chi connectivity index (χ0) is 15.9. The molecule has 0 amide bonds. The number of aryl methyl sites for hydroxylation is 1. The Morgan fingerprint density at radius 3 is 2.43 bits per heavy atom. The Bertz CT molecular complexity index is 693. The molecule has 3 nitrogen and oxygen atoms in total. The first-order valence-corrected chi connectivity index (χ1v) is 8.23. The molecular weight excluding hydrogens is 306 g/mol. The van der Waals surface area contributed by atoms with Gasteiger partial charge in [-0.25, -0.2) is 4.98 Å². The molecule has 23 heavy (non-hydrogen) atoms. The van der Waals surface area contributed by atoms with Crippen molar-refractivity contribution in [1.82, 2.24) is 15.3 Å². The van der Waals surface area contributed by atoms with E-state index in [-0.39, 0.29) is 6.04 Å². The van der Waals surface area contributed by atoms with Gasteiger partial charge in [-0.2, -0.15) is 0 Å². The van der Waals surface area contributed by atoms with Gasteiger partial charge < -0.3 is 10.3 Å². The molecular formula is C19H20ClN3. The fraction of sp³-hybridized carbons (Fsp3) is 0.211. The largest absolute Gasteiger partial charge is 0.349 e. The minimum Gasteiger partial charge on any atom is -0.349 e. The number of aromatic amines is 1. The number of nitrogens with zero attached hydrogens (tertiary/aromatic N) is 1. The van der Waals surface area contributed by atoms with Gasteiger partial charge in [0.1, 0.15) is 5.82 Å². The van der Waals surface area contributed by atoms with E-state index in [1.807, 2.05) is 24.4 Å². The van der Waals surface area contributed by atoms with Crippen molar-refractivity contribution < 1.29 is 0 Å². The van der Waals surface area contributed by atoms with E-state index in [1.165, 1.54) is 11.1 Å². The molecule has 0 radical (unpaired) electrons. The van der Waals surface area contributed by atoms with Crippen LogP contribution in [0.5, 0.6) is 0 Å². The number of benzene rings is 2. The van der Waals surface area contributed by atoms with Gasteiger partial charge in [0.2, 0.25) is 0 Å². The SMILES string of the molecule is Clc1ccc(C(NCCCc2ncc[nH]2)c2ccccc2)cc1. The third kappa shape index (κ3) is 4.44. The molecule has 4 heteroatoms. The summed E-state index contributed by atoms with van der Waals surface area (Å²) in [6.45, 7) is 0.920.